The molecule has 0 spiro atoms. The van der Waals surface area contributed by atoms with Gasteiger partial charge >= 0.3 is 11.7 Å². The molecule has 10 nitrogen and oxygen atoms in total. The summed E-state index contributed by atoms with van der Waals surface area (Å²) in [6.07, 6.45) is 3.33. The molecular weight excluding hydrogens is 472 g/mol. The van der Waals surface area contributed by atoms with Crippen molar-refractivity contribution in [2.24, 2.45) is 0 Å². The van der Waals surface area contributed by atoms with Crippen molar-refractivity contribution in [2.45, 2.75) is 76.7 Å². The highest BCUT2D eigenvalue weighted by Gasteiger charge is 2.42. The highest BCUT2D eigenvalue weighted by atomic mass is 16.3. The lowest BCUT2D eigenvalue weighted by molar-refractivity contribution is -0.130. The highest BCUT2D eigenvalue weighted by molar-refractivity contribution is 5.89. The predicted octanol–water partition coefficient (Wildman–Crippen LogP) is 1.46. The number of β-amino-alcohol motifs (C(OH)–C–C–N with tert-alkyl or cyclic N) is 1. The van der Waals surface area contributed by atoms with Crippen LogP contribution in [0.1, 0.15) is 52.5 Å². The van der Waals surface area contributed by atoms with Crippen LogP contribution in [0.15, 0.2) is 29.1 Å². The number of nitrogens with zero attached hydrogens (tertiary/aromatic N) is 5. The topological polar surface area (TPSA) is 103 Å². The minimum Gasteiger partial charge on any atom is -0.390 e. The number of piperidine rings is 1. The number of hydrogen-bond acceptors (Lipinski definition) is 6. The molecular formula is C27H40N6O4. The Balaban J connectivity index is 1.19. The van der Waals surface area contributed by atoms with Gasteiger partial charge in [0.2, 0.25) is 5.91 Å². The maximum absolute atomic E-state index is 13.3. The van der Waals surface area contributed by atoms with Gasteiger partial charge in [-0.2, -0.15) is 0 Å². The molecule has 1 aromatic carbocycles. The monoisotopic (exact) mass is 512 g/mol. The van der Waals surface area contributed by atoms with Crippen molar-refractivity contribution >= 4 is 23.0 Å². The van der Waals surface area contributed by atoms with Gasteiger partial charge in [-0.15, -0.1) is 0 Å². The van der Waals surface area contributed by atoms with E-state index in [0.29, 0.717) is 30.7 Å². The van der Waals surface area contributed by atoms with E-state index in [2.05, 4.69) is 15.1 Å². The fourth-order valence-corrected chi connectivity index (χ4v) is 6.64. The average molecular weight is 513 g/mol. The largest absolute Gasteiger partial charge is 0.390 e. The highest BCUT2D eigenvalue weighted by Crippen LogP contribution is 2.36. The molecule has 4 heterocycles. The predicted molar refractivity (Wildman–Crippen MR) is 142 cm³/mol. The van der Waals surface area contributed by atoms with Crippen LogP contribution in [0, 0.1) is 0 Å². The van der Waals surface area contributed by atoms with Gasteiger partial charge in [-0.3, -0.25) is 19.2 Å². The van der Waals surface area contributed by atoms with Crippen LogP contribution in [0.4, 0.5) is 4.79 Å². The zero-order valence-electron chi connectivity index (χ0n) is 22.2. The molecule has 2 N–H and O–H groups in total. The molecule has 4 atom stereocenters. The normalized spacial score (nSPS) is 25.6. The van der Waals surface area contributed by atoms with Gasteiger partial charge in [0.1, 0.15) is 0 Å². The van der Waals surface area contributed by atoms with Gasteiger partial charge in [-0.05, 0) is 51.7 Å². The summed E-state index contributed by atoms with van der Waals surface area (Å²) >= 11 is 0. The van der Waals surface area contributed by atoms with Gasteiger partial charge in [-0.25, -0.2) is 14.2 Å². The summed E-state index contributed by atoms with van der Waals surface area (Å²) < 4.78 is 2.95. The molecule has 1 unspecified atom stereocenters. The number of hydrogen-bond donors (Lipinski definition) is 2. The number of nitrogens with one attached hydrogen (secondary N) is 1. The second-order valence-electron chi connectivity index (χ2n) is 11.2. The number of benzene rings is 1. The first kappa shape index (κ1) is 25.9. The standard InChI is InChI=1S/C27H40N6O4/c1-18(2)32-24-6-4-5-7-25(24)33(27(32)37)26(36)28-20-14-21-8-9-22(15-20)31(21)17-23(35)16-29-10-12-30(13-11-29)19(3)34/h4-7,18,20-23,35H,8-17H2,1-3H3,(H,28,36)/t20?,21-,22+,23-/m0/s1. The maximum Gasteiger partial charge on any atom is 0.337 e. The number of aliphatic hydroxyl groups excluding tert-OH is 1. The van der Waals surface area contributed by atoms with Crippen LogP contribution < -0.4 is 11.0 Å². The second kappa shape index (κ2) is 10.6. The van der Waals surface area contributed by atoms with Crippen LogP contribution in [0.5, 0.6) is 0 Å². The molecule has 37 heavy (non-hydrogen) atoms. The smallest absolute Gasteiger partial charge is 0.337 e. The molecule has 0 aliphatic carbocycles. The number of rotatable bonds is 6. The van der Waals surface area contributed by atoms with E-state index >= 15 is 0 Å². The number of piperazine rings is 1. The lowest BCUT2D eigenvalue weighted by Crippen LogP contribution is -2.55. The summed E-state index contributed by atoms with van der Waals surface area (Å²) in [5, 5.41) is 14.0. The number of para-hydroxylation sites is 2. The van der Waals surface area contributed by atoms with Crippen LogP contribution in [0.25, 0.3) is 11.0 Å². The Kier molecular flexibility index (Phi) is 7.42. The lowest BCUT2D eigenvalue weighted by atomic mass is 9.97. The third-order valence-electron chi connectivity index (χ3n) is 8.42. The van der Waals surface area contributed by atoms with Gasteiger partial charge in [0.25, 0.3) is 0 Å². The van der Waals surface area contributed by atoms with E-state index in [4.69, 9.17) is 0 Å². The van der Waals surface area contributed by atoms with Crippen molar-refractivity contribution in [3.63, 3.8) is 0 Å². The molecule has 0 saturated carbocycles. The molecule has 3 saturated heterocycles. The van der Waals surface area contributed by atoms with E-state index in [0.717, 1.165) is 57.4 Å². The van der Waals surface area contributed by atoms with E-state index in [1.165, 1.54) is 4.57 Å². The number of aliphatic hydroxyl groups is 1. The molecule has 3 aliphatic heterocycles. The van der Waals surface area contributed by atoms with Crippen LogP contribution in [-0.2, 0) is 4.79 Å². The van der Waals surface area contributed by atoms with E-state index in [1.807, 2.05) is 43.0 Å². The fraction of sp³-hybridized carbons (Fsp3) is 0.667. The summed E-state index contributed by atoms with van der Waals surface area (Å²) in [6.45, 7) is 9.78. The molecule has 202 valence electrons. The van der Waals surface area contributed by atoms with Gasteiger partial charge in [0.05, 0.1) is 17.1 Å². The Hall–Kier alpha value is -2.69. The first-order valence-electron chi connectivity index (χ1n) is 13.7. The van der Waals surface area contributed by atoms with Gasteiger partial charge in [0, 0.05) is 70.4 Å². The van der Waals surface area contributed by atoms with E-state index in [1.54, 1.807) is 11.5 Å². The third kappa shape index (κ3) is 5.19. The van der Waals surface area contributed by atoms with E-state index in [9.17, 15) is 19.5 Å². The Morgan fingerprint density at radius 3 is 2.22 bits per heavy atom. The third-order valence-corrected chi connectivity index (χ3v) is 8.42. The summed E-state index contributed by atoms with van der Waals surface area (Å²) in [6, 6.07) is 7.69. The molecule has 0 radical (unpaired) electrons. The summed E-state index contributed by atoms with van der Waals surface area (Å²) in [7, 11) is 0. The zero-order valence-corrected chi connectivity index (χ0v) is 22.2. The van der Waals surface area contributed by atoms with Crippen molar-refractivity contribution in [3.8, 4) is 0 Å². The number of imidazole rings is 1. The van der Waals surface area contributed by atoms with Gasteiger partial charge in [-0.1, -0.05) is 12.1 Å². The Morgan fingerprint density at radius 1 is 1.00 bits per heavy atom. The second-order valence-corrected chi connectivity index (χ2v) is 11.2. The fourth-order valence-electron chi connectivity index (χ4n) is 6.64. The summed E-state index contributed by atoms with van der Waals surface area (Å²) in [5.41, 5.74) is 1.09. The van der Waals surface area contributed by atoms with Crippen molar-refractivity contribution < 1.29 is 14.7 Å². The summed E-state index contributed by atoms with van der Waals surface area (Å²) in [4.78, 5) is 44.5. The number of carbonyl (C=O) groups excluding carboxylic acids is 2. The SMILES string of the molecule is CC(=O)N1CCN(C[C@H](O)CN2[C@@H]3CC[C@H]2CC(NC(=O)n2c(=O)n(C(C)C)c4ccccc42)C3)CC1. The van der Waals surface area contributed by atoms with Crippen LogP contribution in [0.3, 0.4) is 0 Å². The lowest BCUT2D eigenvalue weighted by Gasteiger charge is -2.41. The van der Waals surface area contributed by atoms with E-state index in [-0.39, 0.29) is 29.7 Å². The first-order chi connectivity index (χ1) is 17.7. The molecule has 2 bridgehead atoms. The van der Waals surface area contributed by atoms with Crippen molar-refractivity contribution in [1.82, 2.24) is 29.2 Å². The van der Waals surface area contributed by atoms with Crippen LogP contribution in [0.2, 0.25) is 0 Å². The molecule has 2 amide bonds. The van der Waals surface area contributed by atoms with Crippen molar-refractivity contribution in [2.75, 3.05) is 39.3 Å². The molecule has 5 rings (SSSR count). The van der Waals surface area contributed by atoms with Crippen LogP contribution >= 0.6 is 0 Å². The molecule has 10 heteroatoms. The molecule has 2 aromatic rings. The minimum absolute atomic E-state index is 0.00566. The average Bonchev–Trinajstić information content (AvgIpc) is 3.27. The van der Waals surface area contributed by atoms with Gasteiger partial charge in [0.15, 0.2) is 0 Å². The number of aromatic nitrogens is 2. The van der Waals surface area contributed by atoms with E-state index < -0.39 is 6.10 Å². The Morgan fingerprint density at radius 2 is 1.62 bits per heavy atom. The maximum atomic E-state index is 13.3. The number of amides is 2. The number of fused-ring (bicyclic) bond motifs is 3. The van der Waals surface area contributed by atoms with Gasteiger partial charge < -0.3 is 15.3 Å². The zero-order chi connectivity index (χ0) is 26.3. The molecule has 3 aliphatic rings. The molecule has 3 fully saturated rings. The molecule has 1 aromatic heterocycles. The Labute approximate surface area is 217 Å². The summed E-state index contributed by atoms with van der Waals surface area (Å²) in [5.74, 6) is 0.113. The minimum atomic E-state index is -0.446. The number of carbonyl (C=O) groups is 2. The van der Waals surface area contributed by atoms with Crippen molar-refractivity contribution in [3.05, 3.63) is 34.7 Å². The van der Waals surface area contributed by atoms with Crippen molar-refractivity contribution in [1.29, 1.82) is 0 Å². The van der Waals surface area contributed by atoms with Crippen LogP contribution in [-0.4, -0.2) is 104 Å². The first-order valence-corrected chi connectivity index (χ1v) is 13.7. The quantitative estimate of drug-likeness (QED) is 0.608. The Bertz CT molecular complexity index is 1180.